The molecule has 0 aromatic heterocycles. The van der Waals surface area contributed by atoms with E-state index in [4.69, 9.17) is 16.3 Å². The fourth-order valence-corrected chi connectivity index (χ4v) is 2.06. The SMILES string of the molecule is Cc1c(Cl)cccc1NC(=O)COC(=O)/C=C/c1cccc(F)c1. The number of halogens is 2. The topological polar surface area (TPSA) is 55.4 Å². The summed E-state index contributed by atoms with van der Waals surface area (Å²) < 4.78 is 17.8. The second-order valence-corrected chi connectivity index (χ2v) is 5.36. The van der Waals surface area contributed by atoms with Gasteiger partial charge in [-0.15, -0.1) is 0 Å². The minimum absolute atomic E-state index is 0.401. The fourth-order valence-electron chi connectivity index (χ4n) is 1.89. The third-order valence-corrected chi connectivity index (χ3v) is 3.56. The van der Waals surface area contributed by atoms with Crippen molar-refractivity contribution >= 4 is 35.2 Å². The van der Waals surface area contributed by atoms with Gasteiger partial charge in [0.05, 0.1) is 0 Å². The summed E-state index contributed by atoms with van der Waals surface area (Å²) in [7, 11) is 0. The zero-order valence-corrected chi connectivity index (χ0v) is 13.6. The van der Waals surface area contributed by atoms with Crippen LogP contribution in [0, 0.1) is 12.7 Å². The van der Waals surface area contributed by atoms with Gasteiger partial charge in [0, 0.05) is 16.8 Å². The van der Waals surface area contributed by atoms with E-state index in [9.17, 15) is 14.0 Å². The first-order chi connectivity index (χ1) is 11.5. The molecule has 6 heteroatoms. The molecule has 1 amide bonds. The first-order valence-corrected chi connectivity index (χ1v) is 7.49. The van der Waals surface area contributed by atoms with E-state index in [1.165, 1.54) is 24.3 Å². The van der Waals surface area contributed by atoms with Crippen molar-refractivity contribution in [3.8, 4) is 0 Å². The number of ether oxygens (including phenoxy) is 1. The lowest BCUT2D eigenvalue weighted by Crippen LogP contribution is -2.20. The van der Waals surface area contributed by atoms with Crippen LogP contribution in [-0.4, -0.2) is 18.5 Å². The van der Waals surface area contributed by atoms with Crippen LogP contribution in [0.4, 0.5) is 10.1 Å². The average Bonchev–Trinajstić information content (AvgIpc) is 2.55. The Morgan fingerprint density at radius 2 is 2.00 bits per heavy atom. The van der Waals surface area contributed by atoms with Crippen LogP contribution < -0.4 is 5.32 Å². The second kappa shape index (κ2) is 8.26. The van der Waals surface area contributed by atoms with Crippen LogP contribution >= 0.6 is 11.6 Å². The third-order valence-electron chi connectivity index (χ3n) is 3.15. The van der Waals surface area contributed by atoms with Gasteiger partial charge in [0.15, 0.2) is 6.61 Å². The maximum Gasteiger partial charge on any atom is 0.331 e. The lowest BCUT2D eigenvalue weighted by molar-refractivity contribution is -0.142. The van der Waals surface area contributed by atoms with E-state index >= 15 is 0 Å². The third kappa shape index (κ3) is 5.21. The lowest BCUT2D eigenvalue weighted by atomic mass is 10.2. The second-order valence-electron chi connectivity index (χ2n) is 4.96. The first kappa shape index (κ1) is 17.7. The highest BCUT2D eigenvalue weighted by Crippen LogP contribution is 2.22. The minimum atomic E-state index is -0.697. The Bertz CT molecular complexity index is 790. The quantitative estimate of drug-likeness (QED) is 0.657. The highest BCUT2D eigenvalue weighted by atomic mass is 35.5. The molecule has 0 bridgehead atoms. The van der Waals surface area contributed by atoms with Gasteiger partial charge in [-0.2, -0.15) is 0 Å². The fraction of sp³-hybridized carbons (Fsp3) is 0.111. The van der Waals surface area contributed by atoms with E-state index in [1.807, 2.05) is 0 Å². The van der Waals surface area contributed by atoms with Crippen LogP contribution in [0.5, 0.6) is 0 Å². The van der Waals surface area contributed by atoms with Crippen molar-refractivity contribution < 1.29 is 18.7 Å². The number of anilines is 1. The summed E-state index contributed by atoms with van der Waals surface area (Å²) in [5, 5.41) is 3.14. The van der Waals surface area contributed by atoms with E-state index in [-0.39, 0.29) is 0 Å². The van der Waals surface area contributed by atoms with Crippen molar-refractivity contribution in [2.75, 3.05) is 11.9 Å². The monoisotopic (exact) mass is 347 g/mol. The number of hydrogen-bond acceptors (Lipinski definition) is 3. The van der Waals surface area contributed by atoms with Gasteiger partial charge in [-0.25, -0.2) is 9.18 Å². The molecule has 2 aromatic carbocycles. The molecule has 0 fully saturated rings. The molecule has 0 heterocycles. The van der Waals surface area contributed by atoms with Gasteiger partial charge in [-0.3, -0.25) is 4.79 Å². The van der Waals surface area contributed by atoms with Gasteiger partial charge < -0.3 is 10.1 Å². The predicted molar refractivity (Wildman–Crippen MR) is 91.2 cm³/mol. The Labute approximate surface area is 143 Å². The first-order valence-electron chi connectivity index (χ1n) is 7.11. The molecule has 2 rings (SSSR count). The van der Waals surface area contributed by atoms with Crippen LogP contribution in [0.1, 0.15) is 11.1 Å². The number of nitrogens with one attached hydrogen (secondary N) is 1. The Morgan fingerprint density at radius 1 is 1.25 bits per heavy atom. The number of hydrogen-bond donors (Lipinski definition) is 1. The summed E-state index contributed by atoms with van der Waals surface area (Å²) in [6.07, 6.45) is 2.54. The number of carbonyl (C=O) groups excluding carboxylic acids is 2. The van der Waals surface area contributed by atoms with Gasteiger partial charge in [0.25, 0.3) is 5.91 Å². The lowest BCUT2D eigenvalue weighted by Gasteiger charge is -2.09. The molecular weight excluding hydrogens is 333 g/mol. The summed E-state index contributed by atoms with van der Waals surface area (Å²) in [5.41, 5.74) is 1.80. The molecule has 0 spiro atoms. The average molecular weight is 348 g/mol. The Balaban J connectivity index is 1.85. The number of esters is 1. The van der Waals surface area contributed by atoms with Gasteiger partial charge >= 0.3 is 5.97 Å². The van der Waals surface area contributed by atoms with Crippen LogP contribution in [0.2, 0.25) is 5.02 Å². The zero-order chi connectivity index (χ0) is 17.5. The summed E-state index contributed by atoms with van der Waals surface area (Å²) in [6, 6.07) is 10.9. The van der Waals surface area contributed by atoms with Crippen molar-refractivity contribution in [2.45, 2.75) is 6.92 Å². The Morgan fingerprint density at radius 3 is 2.75 bits per heavy atom. The number of benzene rings is 2. The van der Waals surface area contributed by atoms with Gasteiger partial charge in [0.1, 0.15) is 5.82 Å². The molecule has 0 radical (unpaired) electrons. The standard InChI is InChI=1S/C18H15ClFNO3/c1-12-15(19)6-3-7-16(12)21-17(22)11-24-18(23)9-8-13-4-2-5-14(20)10-13/h2-10H,11H2,1H3,(H,21,22)/b9-8+. The largest absolute Gasteiger partial charge is 0.452 e. The van der Waals surface area contributed by atoms with E-state index in [0.717, 1.165) is 11.6 Å². The highest BCUT2D eigenvalue weighted by Gasteiger charge is 2.08. The number of amides is 1. The van der Waals surface area contributed by atoms with Crippen molar-refractivity contribution in [1.29, 1.82) is 0 Å². The summed E-state index contributed by atoms with van der Waals surface area (Å²) >= 11 is 5.96. The molecule has 0 aliphatic rings. The smallest absolute Gasteiger partial charge is 0.331 e. The Hall–Kier alpha value is -2.66. The van der Waals surface area contributed by atoms with Crippen molar-refractivity contribution in [3.05, 3.63) is 70.5 Å². The molecule has 0 saturated carbocycles. The van der Waals surface area contributed by atoms with Gasteiger partial charge in [0.2, 0.25) is 0 Å². The predicted octanol–water partition coefficient (Wildman–Crippen LogP) is 3.98. The van der Waals surface area contributed by atoms with Crippen LogP contribution in [-0.2, 0) is 14.3 Å². The molecule has 0 aliphatic carbocycles. The molecule has 24 heavy (non-hydrogen) atoms. The van der Waals surface area contributed by atoms with Crippen LogP contribution in [0.3, 0.4) is 0 Å². The molecule has 0 aliphatic heterocycles. The van der Waals surface area contributed by atoms with E-state index in [0.29, 0.717) is 16.3 Å². The molecule has 0 atom stereocenters. The van der Waals surface area contributed by atoms with Crippen molar-refractivity contribution in [1.82, 2.24) is 0 Å². The van der Waals surface area contributed by atoms with Crippen LogP contribution in [0.25, 0.3) is 6.08 Å². The summed E-state index contributed by atoms with van der Waals surface area (Å²) in [4.78, 5) is 23.4. The molecule has 0 saturated heterocycles. The molecule has 124 valence electrons. The molecule has 4 nitrogen and oxygen atoms in total. The minimum Gasteiger partial charge on any atom is -0.452 e. The molecule has 2 aromatic rings. The summed E-state index contributed by atoms with van der Waals surface area (Å²) in [6.45, 7) is 1.34. The molecular formula is C18H15ClFNO3. The van der Waals surface area contributed by atoms with Crippen molar-refractivity contribution in [2.24, 2.45) is 0 Å². The molecule has 0 unspecified atom stereocenters. The zero-order valence-electron chi connectivity index (χ0n) is 12.9. The maximum atomic E-state index is 13.0. The van der Waals surface area contributed by atoms with E-state index in [2.05, 4.69) is 5.32 Å². The summed E-state index contributed by atoms with van der Waals surface area (Å²) in [5.74, 6) is -1.58. The number of rotatable bonds is 5. The maximum absolute atomic E-state index is 13.0. The van der Waals surface area contributed by atoms with Gasteiger partial charge in [-0.1, -0.05) is 29.8 Å². The molecule has 1 N–H and O–H groups in total. The van der Waals surface area contributed by atoms with Gasteiger partial charge in [-0.05, 0) is 48.4 Å². The van der Waals surface area contributed by atoms with E-state index < -0.39 is 24.3 Å². The number of carbonyl (C=O) groups is 2. The highest BCUT2D eigenvalue weighted by molar-refractivity contribution is 6.31. The van der Waals surface area contributed by atoms with Crippen LogP contribution in [0.15, 0.2) is 48.5 Å². The Kier molecular flexibility index (Phi) is 6.09. The van der Waals surface area contributed by atoms with Crippen molar-refractivity contribution in [3.63, 3.8) is 0 Å². The van der Waals surface area contributed by atoms with E-state index in [1.54, 1.807) is 31.2 Å². The normalized spacial score (nSPS) is 10.6.